The van der Waals surface area contributed by atoms with Crippen LogP contribution in [0.15, 0.2) is 53.6 Å². The van der Waals surface area contributed by atoms with E-state index in [9.17, 15) is 10.1 Å². The largest absolute Gasteiger partial charge is 0.328 e. The van der Waals surface area contributed by atoms with Crippen LogP contribution in [0, 0.1) is 10.1 Å². The quantitative estimate of drug-likeness (QED) is 0.504. The summed E-state index contributed by atoms with van der Waals surface area (Å²) in [6.45, 7) is 4.59. The lowest BCUT2D eigenvalue weighted by molar-refractivity contribution is -0.918. The molecular weight excluding hydrogens is 340 g/mol. The first-order valence-corrected chi connectivity index (χ1v) is 8.60. The van der Waals surface area contributed by atoms with Crippen molar-refractivity contribution in [2.45, 2.75) is 6.54 Å². The maximum Gasteiger partial charge on any atom is 0.270 e. The molecule has 0 amide bonds. The molecule has 0 aromatic heterocycles. The number of hydrogen-bond donors (Lipinski definition) is 1. The minimum absolute atomic E-state index is 0.0814. The number of hydrazone groups is 1. The van der Waals surface area contributed by atoms with Crippen molar-refractivity contribution in [2.75, 3.05) is 26.2 Å². The van der Waals surface area contributed by atoms with Crippen molar-refractivity contribution >= 4 is 23.5 Å². The molecule has 25 heavy (non-hydrogen) atoms. The van der Waals surface area contributed by atoms with Crippen LogP contribution in [0.1, 0.15) is 11.1 Å². The van der Waals surface area contributed by atoms with Crippen LogP contribution in [0.25, 0.3) is 0 Å². The minimum Gasteiger partial charge on any atom is -0.328 e. The van der Waals surface area contributed by atoms with Crippen molar-refractivity contribution in [1.29, 1.82) is 0 Å². The number of quaternary nitrogens is 1. The van der Waals surface area contributed by atoms with Crippen LogP contribution in [0.3, 0.4) is 0 Å². The van der Waals surface area contributed by atoms with Crippen molar-refractivity contribution in [3.05, 3.63) is 74.8 Å². The molecule has 1 fully saturated rings. The predicted molar refractivity (Wildman–Crippen MR) is 98.1 cm³/mol. The van der Waals surface area contributed by atoms with Crippen LogP contribution in [0.5, 0.6) is 0 Å². The lowest BCUT2D eigenvalue weighted by Gasteiger charge is -2.30. The molecule has 6 nitrogen and oxygen atoms in total. The Hall–Kier alpha value is -2.44. The van der Waals surface area contributed by atoms with E-state index in [0.29, 0.717) is 0 Å². The van der Waals surface area contributed by atoms with Crippen molar-refractivity contribution < 1.29 is 9.82 Å². The van der Waals surface area contributed by atoms with Crippen LogP contribution in [-0.4, -0.2) is 42.3 Å². The third-order valence-corrected chi connectivity index (χ3v) is 4.67. The molecule has 0 saturated carbocycles. The summed E-state index contributed by atoms with van der Waals surface area (Å²) >= 11 is 6.23. The molecule has 3 rings (SSSR count). The molecule has 0 bridgehead atoms. The van der Waals surface area contributed by atoms with Gasteiger partial charge in [0.15, 0.2) is 0 Å². The van der Waals surface area contributed by atoms with Gasteiger partial charge in [0.05, 0.1) is 37.3 Å². The van der Waals surface area contributed by atoms with Gasteiger partial charge in [-0.2, -0.15) is 5.10 Å². The van der Waals surface area contributed by atoms with Gasteiger partial charge in [0, 0.05) is 28.3 Å². The Balaban J connectivity index is 1.53. The van der Waals surface area contributed by atoms with E-state index in [0.717, 1.165) is 43.3 Å². The summed E-state index contributed by atoms with van der Waals surface area (Å²) in [6, 6.07) is 14.5. The lowest BCUT2D eigenvalue weighted by Crippen LogP contribution is -3.13. The number of hydrogen-bond acceptors (Lipinski definition) is 4. The van der Waals surface area contributed by atoms with E-state index >= 15 is 0 Å². The zero-order chi connectivity index (χ0) is 17.6. The van der Waals surface area contributed by atoms with Gasteiger partial charge in [0.1, 0.15) is 6.54 Å². The fraction of sp³-hybridized carbons (Fsp3) is 0.278. The number of nitrogens with zero attached hydrogens (tertiary/aromatic N) is 3. The summed E-state index contributed by atoms with van der Waals surface area (Å²) in [4.78, 5) is 11.9. The molecule has 1 aliphatic rings. The zero-order valence-electron chi connectivity index (χ0n) is 13.8. The first kappa shape index (κ1) is 17.4. The summed E-state index contributed by atoms with van der Waals surface area (Å²) < 4.78 is 0. The van der Waals surface area contributed by atoms with Crippen LogP contribution >= 0.6 is 11.6 Å². The fourth-order valence-electron chi connectivity index (χ4n) is 2.88. The van der Waals surface area contributed by atoms with Crippen LogP contribution in [0.4, 0.5) is 5.69 Å². The molecule has 0 aliphatic carbocycles. The molecule has 0 radical (unpaired) electrons. The van der Waals surface area contributed by atoms with Crippen LogP contribution < -0.4 is 4.90 Å². The Labute approximate surface area is 151 Å². The van der Waals surface area contributed by atoms with E-state index in [1.165, 1.54) is 22.6 Å². The van der Waals surface area contributed by atoms with Crippen LogP contribution in [-0.2, 0) is 6.54 Å². The van der Waals surface area contributed by atoms with Crippen LogP contribution in [0.2, 0.25) is 5.02 Å². The average Bonchev–Trinajstić information content (AvgIpc) is 2.63. The molecule has 1 aliphatic heterocycles. The Bertz CT molecular complexity index is 773. The third kappa shape index (κ3) is 4.78. The van der Waals surface area contributed by atoms with Gasteiger partial charge in [-0.3, -0.25) is 15.1 Å². The molecule has 7 heteroatoms. The maximum absolute atomic E-state index is 10.8. The molecule has 1 N–H and O–H groups in total. The summed E-state index contributed by atoms with van der Waals surface area (Å²) in [5.41, 5.74) is 1.99. The summed E-state index contributed by atoms with van der Waals surface area (Å²) in [6.07, 6.45) is 1.69. The van der Waals surface area contributed by atoms with Gasteiger partial charge < -0.3 is 4.90 Å². The fourth-order valence-corrected chi connectivity index (χ4v) is 3.08. The molecule has 2 aromatic carbocycles. The highest BCUT2D eigenvalue weighted by Gasteiger charge is 2.19. The van der Waals surface area contributed by atoms with Crippen molar-refractivity contribution in [1.82, 2.24) is 5.01 Å². The van der Waals surface area contributed by atoms with E-state index in [-0.39, 0.29) is 5.69 Å². The highest BCUT2D eigenvalue weighted by Crippen LogP contribution is 2.14. The maximum atomic E-state index is 10.8. The molecule has 0 atom stereocenters. The second-order valence-corrected chi connectivity index (χ2v) is 6.48. The highest BCUT2D eigenvalue weighted by molar-refractivity contribution is 6.31. The van der Waals surface area contributed by atoms with E-state index in [1.54, 1.807) is 12.3 Å². The average molecular weight is 360 g/mol. The lowest BCUT2D eigenvalue weighted by atomic mass is 10.2. The van der Waals surface area contributed by atoms with E-state index in [1.807, 2.05) is 29.3 Å². The molecule has 0 unspecified atom stereocenters. The SMILES string of the molecule is O=[N+]([O-])c1cccc(/C=N\N2CC[NH+](Cc3ccccc3Cl)CC2)c1. The van der Waals surface area contributed by atoms with Crippen molar-refractivity contribution in [3.63, 3.8) is 0 Å². The van der Waals surface area contributed by atoms with E-state index in [4.69, 9.17) is 11.6 Å². The minimum atomic E-state index is -0.395. The van der Waals surface area contributed by atoms with Gasteiger partial charge in [0.25, 0.3) is 5.69 Å². The van der Waals surface area contributed by atoms with Gasteiger partial charge in [0.2, 0.25) is 0 Å². The number of benzene rings is 2. The number of nitro groups is 1. The molecular formula is C18H20ClN4O2+. The standard InChI is InChI=1S/C18H19ClN4O2/c19-18-7-2-1-5-16(18)14-21-8-10-22(11-9-21)20-13-15-4-3-6-17(12-15)23(24)25/h1-7,12-13H,8-11,14H2/p+1/b20-13-. The van der Waals surface area contributed by atoms with Gasteiger partial charge in [-0.15, -0.1) is 0 Å². The molecule has 1 heterocycles. The Morgan fingerprint density at radius 3 is 2.68 bits per heavy atom. The molecule has 1 saturated heterocycles. The number of non-ortho nitro benzene ring substituents is 1. The zero-order valence-corrected chi connectivity index (χ0v) is 14.5. The Morgan fingerprint density at radius 1 is 1.20 bits per heavy atom. The van der Waals surface area contributed by atoms with Gasteiger partial charge in [-0.05, 0) is 6.07 Å². The summed E-state index contributed by atoms with van der Waals surface area (Å²) in [7, 11) is 0. The molecule has 130 valence electrons. The first-order chi connectivity index (χ1) is 12.1. The Kier molecular flexibility index (Phi) is 5.63. The summed E-state index contributed by atoms with van der Waals surface area (Å²) in [5, 5.41) is 18.1. The monoisotopic (exact) mass is 359 g/mol. The van der Waals surface area contributed by atoms with Gasteiger partial charge in [-0.25, -0.2) is 0 Å². The topological polar surface area (TPSA) is 63.2 Å². The Morgan fingerprint density at radius 2 is 1.96 bits per heavy atom. The number of piperazine rings is 1. The first-order valence-electron chi connectivity index (χ1n) is 8.22. The van der Waals surface area contributed by atoms with Gasteiger partial charge in [-0.1, -0.05) is 41.9 Å². The number of nitro benzene ring substituents is 1. The predicted octanol–water partition coefficient (Wildman–Crippen LogP) is 1.98. The third-order valence-electron chi connectivity index (χ3n) is 4.30. The normalized spacial score (nSPS) is 15.6. The molecule has 2 aromatic rings. The van der Waals surface area contributed by atoms with Gasteiger partial charge >= 0.3 is 0 Å². The number of rotatable bonds is 5. The number of nitrogens with one attached hydrogen (secondary N) is 1. The number of halogens is 1. The molecule has 0 spiro atoms. The van der Waals surface area contributed by atoms with E-state index in [2.05, 4.69) is 11.2 Å². The second-order valence-electron chi connectivity index (χ2n) is 6.07. The smallest absolute Gasteiger partial charge is 0.270 e. The van der Waals surface area contributed by atoms with Crippen molar-refractivity contribution in [3.8, 4) is 0 Å². The second kappa shape index (κ2) is 8.09. The highest BCUT2D eigenvalue weighted by atomic mass is 35.5. The summed E-state index contributed by atoms with van der Waals surface area (Å²) in [5.74, 6) is 0. The van der Waals surface area contributed by atoms with E-state index < -0.39 is 4.92 Å². The van der Waals surface area contributed by atoms with Crippen molar-refractivity contribution in [2.24, 2.45) is 5.10 Å².